The van der Waals surface area contributed by atoms with E-state index in [0.29, 0.717) is 6.54 Å². The number of aromatic nitrogens is 3. The third kappa shape index (κ3) is 2.15. The van der Waals surface area contributed by atoms with Crippen LogP contribution >= 0.6 is 0 Å². The van der Waals surface area contributed by atoms with E-state index < -0.39 is 24.4 Å². The molecule has 2 rings (SSSR count). The first-order valence-electron chi connectivity index (χ1n) is 4.68. The van der Waals surface area contributed by atoms with E-state index in [0.717, 1.165) is 0 Å². The highest BCUT2D eigenvalue weighted by Gasteiger charge is 2.37. The molecule has 1 fully saturated rings. The molecule has 0 aliphatic carbocycles. The SMILES string of the molecule is OC1COC(Cn2ccnn2)C(O)C1O. The maximum Gasteiger partial charge on any atom is 0.111 e. The van der Waals surface area contributed by atoms with Crippen LogP contribution in [0.4, 0.5) is 0 Å². The van der Waals surface area contributed by atoms with Crippen molar-refractivity contribution in [2.24, 2.45) is 0 Å². The normalized spacial score (nSPS) is 36.7. The number of aliphatic hydroxyl groups excluding tert-OH is 3. The summed E-state index contributed by atoms with van der Waals surface area (Å²) in [6, 6.07) is 0. The second kappa shape index (κ2) is 4.23. The number of hydrogen-bond acceptors (Lipinski definition) is 6. The van der Waals surface area contributed by atoms with Crippen LogP contribution in [0.1, 0.15) is 0 Å². The lowest BCUT2D eigenvalue weighted by atomic mass is 10.0. The molecule has 7 nitrogen and oxygen atoms in total. The van der Waals surface area contributed by atoms with Gasteiger partial charge in [-0.05, 0) is 0 Å². The van der Waals surface area contributed by atoms with Crippen molar-refractivity contribution >= 4 is 0 Å². The number of nitrogens with zero attached hydrogens (tertiary/aromatic N) is 3. The van der Waals surface area contributed by atoms with Gasteiger partial charge in [-0.2, -0.15) is 0 Å². The molecule has 0 bridgehead atoms. The zero-order valence-corrected chi connectivity index (χ0v) is 7.97. The van der Waals surface area contributed by atoms with Gasteiger partial charge in [-0.25, -0.2) is 4.68 Å². The molecule has 0 radical (unpaired) electrons. The van der Waals surface area contributed by atoms with E-state index in [1.54, 1.807) is 6.20 Å². The fraction of sp³-hybridized carbons (Fsp3) is 0.750. The molecule has 1 aliphatic heterocycles. The monoisotopic (exact) mass is 215 g/mol. The van der Waals surface area contributed by atoms with Crippen molar-refractivity contribution in [3.63, 3.8) is 0 Å². The topological polar surface area (TPSA) is 101 Å². The summed E-state index contributed by atoms with van der Waals surface area (Å²) in [5, 5.41) is 35.6. The van der Waals surface area contributed by atoms with Gasteiger partial charge in [0.05, 0.1) is 19.3 Å². The Hall–Kier alpha value is -1.02. The summed E-state index contributed by atoms with van der Waals surface area (Å²) in [6.45, 7) is 0.308. The molecule has 84 valence electrons. The zero-order chi connectivity index (χ0) is 10.8. The Labute approximate surface area is 85.9 Å². The van der Waals surface area contributed by atoms with E-state index in [2.05, 4.69) is 10.3 Å². The fourth-order valence-corrected chi connectivity index (χ4v) is 1.54. The first-order valence-corrected chi connectivity index (χ1v) is 4.68. The Balaban J connectivity index is 1.98. The predicted octanol–water partition coefficient (Wildman–Crippen LogP) is -2.24. The fourth-order valence-electron chi connectivity index (χ4n) is 1.54. The summed E-state index contributed by atoms with van der Waals surface area (Å²) in [7, 11) is 0. The van der Waals surface area contributed by atoms with E-state index >= 15 is 0 Å². The van der Waals surface area contributed by atoms with E-state index in [1.807, 2.05) is 0 Å². The van der Waals surface area contributed by atoms with Crippen LogP contribution in [0.2, 0.25) is 0 Å². The Morgan fingerprint density at radius 3 is 2.80 bits per heavy atom. The van der Waals surface area contributed by atoms with Crippen molar-refractivity contribution in [1.82, 2.24) is 15.0 Å². The quantitative estimate of drug-likeness (QED) is 0.515. The van der Waals surface area contributed by atoms with Crippen LogP contribution in [-0.2, 0) is 11.3 Å². The molecule has 2 heterocycles. The third-order valence-electron chi connectivity index (χ3n) is 2.45. The number of aliphatic hydroxyl groups is 3. The molecule has 0 spiro atoms. The summed E-state index contributed by atoms with van der Waals surface area (Å²) in [6.07, 6.45) is -0.754. The van der Waals surface area contributed by atoms with E-state index in [-0.39, 0.29) is 6.61 Å². The Morgan fingerprint density at radius 2 is 2.13 bits per heavy atom. The number of ether oxygens (including phenoxy) is 1. The maximum atomic E-state index is 9.61. The minimum atomic E-state index is -1.17. The van der Waals surface area contributed by atoms with Gasteiger partial charge in [0.15, 0.2) is 0 Å². The molecule has 7 heteroatoms. The van der Waals surface area contributed by atoms with Crippen LogP contribution in [0, 0.1) is 0 Å². The van der Waals surface area contributed by atoms with Gasteiger partial charge in [-0.1, -0.05) is 5.21 Å². The van der Waals surface area contributed by atoms with Gasteiger partial charge in [0, 0.05) is 6.20 Å². The van der Waals surface area contributed by atoms with Crippen LogP contribution in [0.3, 0.4) is 0 Å². The first kappa shape index (κ1) is 10.5. The molecule has 0 saturated carbocycles. The predicted molar refractivity (Wildman–Crippen MR) is 47.8 cm³/mol. The van der Waals surface area contributed by atoms with Gasteiger partial charge in [-0.3, -0.25) is 0 Å². The lowest BCUT2D eigenvalue weighted by molar-refractivity contribution is -0.190. The summed E-state index contributed by atoms with van der Waals surface area (Å²) >= 11 is 0. The van der Waals surface area contributed by atoms with E-state index in [1.165, 1.54) is 10.9 Å². The molecule has 0 amide bonds. The Kier molecular flexibility index (Phi) is 2.96. The summed E-state index contributed by atoms with van der Waals surface area (Å²) in [5.41, 5.74) is 0. The molecular weight excluding hydrogens is 202 g/mol. The standard InChI is InChI=1S/C8H13N3O4/c12-5-4-15-6(8(14)7(5)13)3-11-2-1-9-10-11/h1-2,5-8,12-14H,3-4H2. The molecule has 3 N–H and O–H groups in total. The Bertz CT molecular complexity index is 305. The smallest absolute Gasteiger partial charge is 0.111 e. The zero-order valence-electron chi connectivity index (χ0n) is 7.97. The number of hydrogen-bond donors (Lipinski definition) is 3. The molecule has 1 aromatic heterocycles. The summed E-state index contributed by atoms with van der Waals surface area (Å²) < 4.78 is 6.70. The van der Waals surface area contributed by atoms with Gasteiger partial charge in [0.25, 0.3) is 0 Å². The number of rotatable bonds is 2. The lowest BCUT2D eigenvalue weighted by Crippen LogP contribution is -2.54. The third-order valence-corrected chi connectivity index (χ3v) is 2.45. The molecule has 4 unspecified atom stereocenters. The van der Waals surface area contributed by atoms with Crippen LogP contribution in [0.5, 0.6) is 0 Å². The second-order valence-electron chi connectivity index (χ2n) is 3.55. The second-order valence-corrected chi connectivity index (χ2v) is 3.55. The van der Waals surface area contributed by atoms with Crippen LogP contribution in [-0.4, -0.2) is 61.3 Å². The minimum absolute atomic E-state index is 0.0115. The maximum absolute atomic E-state index is 9.61. The van der Waals surface area contributed by atoms with Gasteiger partial charge in [0.1, 0.15) is 24.4 Å². The highest BCUT2D eigenvalue weighted by Crippen LogP contribution is 2.16. The van der Waals surface area contributed by atoms with Crippen molar-refractivity contribution in [1.29, 1.82) is 0 Å². The highest BCUT2D eigenvalue weighted by atomic mass is 16.5. The van der Waals surface area contributed by atoms with Gasteiger partial charge in [-0.15, -0.1) is 5.10 Å². The molecular formula is C8H13N3O4. The van der Waals surface area contributed by atoms with E-state index in [4.69, 9.17) is 4.74 Å². The average Bonchev–Trinajstić information content (AvgIpc) is 2.72. The van der Waals surface area contributed by atoms with Crippen molar-refractivity contribution < 1.29 is 20.1 Å². The molecule has 15 heavy (non-hydrogen) atoms. The van der Waals surface area contributed by atoms with Crippen LogP contribution in [0.25, 0.3) is 0 Å². The molecule has 1 saturated heterocycles. The molecule has 1 aromatic rings. The van der Waals surface area contributed by atoms with Crippen molar-refractivity contribution in [2.75, 3.05) is 6.61 Å². The molecule has 0 aromatic carbocycles. The largest absolute Gasteiger partial charge is 0.388 e. The van der Waals surface area contributed by atoms with Crippen molar-refractivity contribution in [2.45, 2.75) is 31.0 Å². The van der Waals surface area contributed by atoms with Crippen LogP contribution < -0.4 is 0 Å². The van der Waals surface area contributed by atoms with E-state index in [9.17, 15) is 15.3 Å². The summed E-state index contributed by atoms with van der Waals surface area (Å²) in [4.78, 5) is 0. The van der Waals surface area contributed by atoms with Gasteiger partial charge in [0.2, 0.25) is 0 Å². The van der Waals surface area contributed by atoms with Crippen molar-refractivity contribution in [3.8, 4) is 0 Å². The minimum Gasteiger partial charge on any atom is -0.388 e. The van der Waals surface area contributed by atoms with Gasteiger partial charge < -0.3 is 20.1 Å². The highest BCUT2D eigenvalue weighted by molar-refractivity contribution is 4.86. The average molecular weight is 215 g/mol. The lowest BCUT2D eigenvalue weighted by Gasteiger charge is -2.34. The Morgan fingerprint density at radius 1 is 1.33 bits per heavy atom. The first-order chi connectivity index (χ1) is 7.18. The van der Waals surface area contributed by atoms with Gasteiger partial charge >= 0.3 is 0 Å². The molecule has 4 atom stereocenters. The van der Waals surface area contributed by atoms with Crippen molar-refractivity contribution in [3.05, 3.63) is 12.4 Å². The summed E-state index contributed by atoms with van der Waals surface area (Å²) in [5.74, 6) is 0. The van der Waals surface area contributed by atoms with Crippen LogP contribution in [0.15, 0.2) is 12.4 Å². The molecule has 1 aliphatic rings.